The van der Waals surface area contributed by atoms with Gasteiger partial charge in [0.05, 0.1) is 16.8 Å². The number of nitrogens with one attached hydrogen (secondary N) is 1. The highest BCUT2D eigenvalue weighted by atomic mass is 79.9. The Bertz CT molecular complexity index is 865. The fourth-order valence-electron chi connectivity index (χ4n) is 2.89. The third-order valence-corrected chi connectivity index (χ3v) is 4.99. The standard InChI is InChI=1S/C20H21BrN2O4/c1-3-23(4-2)20(25)13-7-5-6-8-16(13)22-19(24)14-11-17-18(12-15(14)21)27-10-9-26-17/h5-8,11-12H,3-4,9-10H2,1-2H3,(H,22,24). The minimum absolute atomic E-state index is 0.114. The molecule has 6 nitrogen and oxygen atoms in total. The predicted octanol–water partition coefficient (Wildman–Crippen LogP) is 3.95. The Kier molecular flexibility index (Phi) is 6.01. The number of rotatable bonds is 5. The third-order valence-electron chi connectivity index (χ3n) is 4.33. The summed E-state index contributed by atoms with van der Waals surface area (Å²) in [6, 6.07) is 10.4. The van der Waals surface area contributed by atoms with Crippen LogP contribution in [0.1, 0.15) is 34.6 Å². The first-order valence-electron chi connectivity index (χ1n) is 8.84. The molecule has 1 aliphatic rings. The number of halogens is 1. The monoisotopic (exact) mass is 432 g/mol. The molecule has 0 fully saturated rings. The lowest BCUT2D eigenvalue weighted by atomic mass is 10.1. The van der Waals surface area contributed by atoms with E-state index >= 15 is 0 Å². The number of carbonyl (C=O) groups is 2. The molecule has 0 aliphatic carbocycles. The topological polar surface area (TPSA) is 67.9 Å². The lowest BCUT2D eigenvalue weighted by Gasteiger charge is -2.21. The van der Waals surface area contributed by atoms with Crippen LogP contribution in [0.4, 0.5) is 5.69 Å². The molecule has 142 valence electrons. The van der Waals surface area contributed by atoms with Crippen molar-refractivity contribution in [2.45, 2.75) is 13.8 Å². The van der Waals surface area contributed by atoms with E-state index in [4.69, 9.17) is 9.47 Å². The minimum atomic E-state index is -0.335. The predicted molar refractivity (Wildman–Crippen MR) is 107 cm³/mol. The van der Waals surface area contributed by atoms with Crippen LogP contribution in [-0.2, 0) is 0 Å². The van der Waals surface area contributed by atoms with Crippen LogP contribution in [-0.4, -0.2) is 43.0 Å². The van der Waals surface area contributed by atoms with Crippen molar-refractivity contribution in [1.29, 1.82) is 0 Å². The second-order valence-electron chi connectivity index (χ2n) is 5.95. The zero-order chi connectivity index (χ0) is 19.4. The number of ether oxygens (including phenoxy) is 2. The molecule has 1 heterocycles. The third kappa shape index (κ3) is 4.08. The smallest absolute Gasteiger partial charge is 0.256 e. The summed E-state index contributed by atoms with van der Waals surface area (Å²) in [4.78, 5) is 27.3. The summed E-state index contributed by atoms with van der Waals surface area (Å²) >= 11 is 3.41. The molecular formula is C20H21BrN2O4. The highest BCUT2D eigenvalue weighted by Crippen LogP contribution is 2.36. The van der Waals surface area contributed by atoms with Gasteiger partial charge in [-0.15, -0.1) is 0 Å². The van der Waals surface area contributed by atoms with Crippen molar-refractivity contribution >= 4 is 33.4 Å². The SMILES string of the molecule is CCN(CC)C(=O)c1ccccc1NC(=O)c1cc2c(cc1Br)OCCO2. The number of nitrogens with zero attached hydrogens (tertiary/aromatic N) is 1. The van der Waals surface area contributed by atoms with Crippen molar-refractivity contribution in [3.8, 4) is 11.5 Å². The molecule has 3 rings (SSSR count). The van der Waals surface area contributed by atoms with Crippen molar-refractivity contribution in [2.75, 3.05) is 31.6 Å². The van der Waals surface area contributed by atoms with E-state index in [0.29, 0.717) is 59.1 Å². The first-order chi connectivity index (χ1) is 13.0. The number of anilines is 1. The van der Waals surface area contributed by atoms with Gasteiger partial charge in [0.15, 0.2) is 11.5 Å². The first kappa shape index (κ1) is 19.2. The summed E-state index contributed by atoms with van der Waals surface area (Å²) < 4.78 is 11.7. The lowest BCUT2D eigenvalue weighted by Crippen LogP contribution is -2.31. The Balaban J connectivity index is 1.88. The molecule has 0 atom stereocenters. The van der Waals surface area contributed by atoms with Gasteiger partial charge in [0, 0.05) is 17.6 Å². The van der Waals surface area contributed by atoms with Gasteiger partial charge in [-0.3, -0.25) is 9.59 Å². The number of benzene rings is 2. The number of para-hydroxylation sites is 1. The van der Waals surface area contributed by atoms with Crippen molar-refractivity contribution in [2.24, 2.45) is 0 Å². The molecule has 7 heteroatoms. The van der Waals surface area contributed by atoms with Gasteiger partial charge in [-0.2, -0.15) is 0 Å². The summed E-state index contributed by atoms with van der Waals surface area (Å²) in [6.07, 6.45) is 0. The van der Waals surface area contributed by atoms with Gasteiger partial charge in [-0.25, -0.2) is 0 Å². The Morgan fingerprint density at radius 3 is 2.33 bits per heavy atom. The highest BCUT2D eigenvalue weighted by molar-refractivity contribution is 9.10. The normalized spacial score (nSPS) is 12.4. The Morgan fingerprint density at radius 2 is 1.67 bits per heavy atom. The molecule has 0 saturated heterocycles. The second-order valence-corrected chi connectivity index (χ2v) is 6.81. The Morgan fingerprint density at radius 1 is 1.04 bits per heavy atom. The van der Waals surface area contributed by atoms with Crippen LogP contribution in [0.25, 0.3) is 0 Å². The molecule has 2 aromatic rings. The molecule has 0 saturated carbocycles. The molecule has 1 aliphatic heterocycles. The number of hydrogen-bond acceptors (Lipinski definition) is 4. The van der Waals surface area contributed by atoms with Crippen molar-refractivity contribution < 1.29 is 19.1 Å². The summed E-state index contributed by atoms with van der Waals surface area (Å²) in [6.45, 7) is 5.98. The highest BCUT2D eigenvalue weighted by Gasteiger charge is 2.21. The zero-order valence-electron chi connectivity index (χ0n) is 15.3. The molecule has 0 bridgehead atoms. The summed E-state index contributed by atoms with van der Waals surface area (Å²) in [7, 11) is 0. The molecule has 27 heavy (non-hydrogen) atoms. The average molecular weight is 433 g/mol. The molecule has 0 spiro atoms. The van der Waals surface area contributed by atoms with Crippen LogP contribution >= 0.6 is 15.9 Å². The van der Waals surface area contributed by atoms with E-state index in [2.05, 4.69) is 21.2 Å². The molecule has 2 amide bonds. The lowest BCUT2D eigenvalue weighted by molar-refractivity contribution is 0.0774. The number of fused-ring (bicyclic) bond motifs is 1. The molecule has 0 radical (unpaired) electrons. The first-order valence-corrected chi connectivity index (χ1v) is 9.63. The second kappa shape index (κ2) is 8.43. The minimum Gasteiger partial charge on any atom is -0.486 e. The number of amides is 2. The van der Waals surface area contributed by atoms with Gasteiger partial charge in [-0.05, 0) is 54.0 Å². The van der Waals surface area contributed by atoms with Gasteiger partial charge < -0.3 is 19.7 Å². The summed E-state index contributed by atoms with van der Waals surface area (Å²) in [5.74, 6) is 0.680. The van der Waals surface area contributed by atoms with E-state index in [1.165, 1.54) is 0 Å². The van der Waals surface area contributed by atoms with Crippen LogP contribution in [0.5, 0.6) is 11.5 Å². The average Bonchev–Trinajstić information content (AvgIpc) is 2.68. The van der Waals surface area contributed by atoms with Crippen LogP contribution in [0.3, 0.4) is 0 Å². The van der Waals surface area contributed by atoms with Crippen LogP contribution in [0, 0.1) is 0 Å². The van der Waals surface area contributed by atoms with Crippen molar-refractivity contribution in [3.63, 3.8) is 0 Å². The van der Waals surface area contributed by atoms with E-state index in [-0.39, 0.29) is 11.8 Å². The van der Waals surface area contributed by atoms with E-state index in [1.807, 2.05) is 13.8 Å². The Labute approximate surface area is 166 Å². The fraction of sp³-hybridized carbons (Fsp3) is 0.300. The number of hydrogen-bond donors (Lipinski definition) is 1. The summed E-state index contributed by atoms with van der Waals surface area (Å²) in [5.41, 5.74) is 1.34. The maximum atomic E-state index is 12.8. The van der Waals surface area contributed by atoms with Gasteiger partial charge in [-0.1, -0.05) is 12.1 Å². The van der Waals surface area contributed by atoms with Crippen molar-refractivity contribution in [1.82, 2.24) is 4.90 Å². The fourth-order valence-corrected chi connectivity index (χ4v) is 3.39. The molecule has 0 unspecified atom stereocenters. The maximum absolute atomic E-state index is 12.8. The van der Waals surface area contributed by atoms with Gasteiger partial charge in [0.1, 0.15) is 13.2 Å². The van der Waals surface area contributed by atoms with Gasteiger partial charge in [0.25, 0.3) is 11.8 Å². The molecule has 0 aromatic heterocycles. The van der Waals surface area contributed by atoms with Gasteiger partial charge >= 0.3 is 0 Å². The molecule has 1 N–H and O–H groups in total. The zero-order valence-corrected chi connectivity index (χ0v) is 16.8. The van der Waals surface area contributed by atoms with Crippen LogP contribution in [0.2, 0.25) is 0 Å². The van der Waals surface area contributed by atoms with E-state index in [9.17, 15) is 9.59 Å². The maximum Gasteiger partial charge on any atom is 0.256 e. The van der Waals surface area contributed by atoms with Crippen LogP contribution < -0.4 is 14.8 Å². The largest absolute Gasteiger partial charge is 0.486 e. The van der Waals surface area contributed by atoms with Crippen LogP contribution in [0.15, 0.2) is 40.9 Å². The van der Waals surface area contributed by atoms with Gasteiger partial charge in [0.2, 0.25) is 0 Å². The Hall–Kier alpha value is -2.54. The molecule has 2 aromatic carbocycles. The van der Waals surface area contributed by atoms with E-state index < -0.39 is 0 Å². The molecular weight excluding hydrogens is 412 g/mol. The number of carbonyl (C=O) groups excluding carboxylic acids is 2. The quantitative estimate of drug-likeness (QED) is 0.776. The van der Waals surface area contributed by atoms with E-state index in [0.717, 1.165) is 0 Å². The van der Waals surface area contributed by atoms with Crippen molar-refractivity contribution in [3.05, 3.63) is 52.0 Å². The summed E-state index contributed by atoms with van der Waals surface area (Å²) in [5, 5.41) is 2.85. The van der Waals surface area contributed by atoms with E-state index in [1.54, 1.807) is 41.3 Å².